The number of rotatable bonds is 3. The standard InChI is InChI=1S/C15H20N2O/c1-12-7-9-17(10-8-12)11-14-3-5-15(6-4-14)16-13(2)18/h3-7H,8-11H2,1-2H3,(H,16,18). The summed E-state index contributed by atoms with van der Waals surface area (Å²) >= 11 is 0. The van der Waals surface area contributed by atoms with Gasteiger partial charge in [-0.25, -0.2) is 0 Å². The van der Waals surface area contributed by atoms with Crippen LogP contribution in [0.3, 0.4) is 0 Å². The van der Waals surface area contributed by atoms with E-state index >= 15 is 0 Å². The normalized spacial score (nSPS) is 16.2. The summed E-state index contributed by atoms with van der Waals surface area (Å²) in [6.45, 7) is 6.87. The molecule has 3 heteroatoms. The first-order chi connectivity index (χ1) is 8.63. The molecule has 0 radical (unpaired) electrons. The van der Waals surface area contributed by atoms with Crippen LogP contribution in [0.4, 0.5) is 5.69 Å². The third-order valence-electron chi connectivity index (χ3n) is 3.20. The molecular formula is C15H20N2O. The van der Waals surface area contributed by atoms with E-state index in [1.807, 2.05) is 12.1 Å². The highest BCUT2D eigenvalue weighted by molar-refractivity contribution is 5.88. The van der Waals surface area contributed by atoms with Gasteiger partial charge >= 0.3 is 0 Å². The van der Waals surface area contributed by atoms with Crippen molar-refractivity contribution in [2.24, 2.45) is 0 Å². The summed E-state index contributed by atoms with van der Waals surface area (Å²) in [7, 11) is 0. The molecule has 0 fully saturated rings. The minimum absolute atomic E-state index is 0.0283. The van der Waals surface area contributed by atoms with Crippen molar-refractivity contribution >= 4 is 11.6 Å². The van der Waals surface area contributed by atoms with Crippen molar-refractivity contribution < 1.29 is 4.79 Å². The Morgan fingerprint density at radius 1 is 1.33 bits per heavy atom. The van der Waals surface area contributed by atoms with Gasteiger partial charge in [-0.1, -0.05) is 23.8 Å². The van der Waals surface area contributed by atoms with Crippen LogP contribution in [-0.2, 0) is 11.3 Å². The molecular weight excluding hydrogens is 224 g/mol. The van der Waals surface area contributed by atoms with E-state index in [0.29, 0.717) is 0 Å². The number of carbonyl (C=O) groups excluding carboxylic acids is 1. The van der Waals surface area contributed by atoms with Gasteiger partial charge < -0.3 is 5.32 Å². The first-order valence-corrected chi connectivity index (χ1v) is 6.38. The lowest BCUT2D eigenvalue weighted by atomic mass is 10.1. The van der Waals surface area contributed by atoms with E-state index in [2.05, 4.69) is 35.3 Å². The van der Waals surface area contributed by atoms with Crippen molar-refractivity contribution in [2.75, 3.05) is 18.4 Å². The molecule has 1 aliphatic heterocycles. The van der Waals surface area contributed by atoms with Gasteiger partial charge in [0.1, 0.15) is 0 Å². The van der Waals surface area contributed by atoms with Crippen LogP contribution in [0, 0.1) is 0 Å². The summed E-state index contributed by atoms with van der Waals surface area (Å²) in [6.07, 6.45) is 3.47. The monoisotopic (exact) mass is 244 g/mol. The summed E-state index contributed by atoms with van der Waals surface area (Å²) in [5.74, 6) is -0.0283. The highest BCUT2D eigenvalue weighted by Gasteiger charge is 2.09. The fraction of sp³-hybridized carbons (Fsp3) is 0.400. The molecule has 0 unspecified atom stereocenters. The van der Waals surface area contributed by atoms with Gasteiger partial charge in [0.15, 0.2) is 0 Å². The van der Waals surface area contributed by atoms with Gasteiger partial charge in [-0.3, -0.25) is 9.69 Å². The predicted octanol–water partition coefficient (Wildman–Crippen LogP) is 2.80. The molecule has 0 atom stereocenters. The average molecular weight is 244 g/mol. The maximum atomic E-state index is 10.9. The molecule has 0 bridgehead atoms. The maximum Gasteiger partial charge on any atom is 0.221 e. The zero-order valence-corrected chi connectivity index (χ0v) is 11.1. The predicted molar refractivity (Wildman–Crippen MR) is 74.4 cm³/mol. The highest BCUT2D eigenvalue weighted by atomic mass is 16.1. The van der Waals surface area contributed by atoms with Gasteiger partial charge in [0.2, 0.25) is 5.91 Å². The fourth-order valence-corrected chi connectivity index (χ4v) is 2.11. The zero-order valence-electron chi connectivity index (χ0n) is 11.1. The van der Waals surface area contributed by atoms with E-state index in [1.165, 1.54) is 24.5 Å². The Bertz CT molecular complexity index is 448. The molecule has 1 aromatic rings. The van der Waals surface area contributed by atoms with Crippen LogP contribution in [0.15, 0.2) is 35.9 Å². The molecule has 0 saturated heterocycles. The van der Waals surface area contributed by atoms with Crippen LogP contribution in [0.5, 0.6) is 0 Å². The summed E-state index contributed by atoms with van der Waals surface area (Å²) in [6, 6.07) is 8.08. The fourth-order valence-electron chi connectivity index (χ4n) is 2.11. The third-order valence-corrected chi connectivity index (χ3v) is 3.20. The average Bonchev–Trinajstić information content (AvgIpc) is 2.34. The Hall–Kier alpha value is -1.61. The van der Waals surface area contributed by atoms with Gasteiger partial charge in [0.05, 0.1) is 0 Å². The number of hydrogen-bond donors (Lipinski definition) is 1. The number of hydrogen-bond acceptors (Lipinski definition) is 2. The van der Waals surface area contributed by atoms with Gasteiger partial charge in [0.25, 0.3) is 0 Å². The zero-order chi connectivity index (χ0) is 13.0. The number of amides is 1. The van der Waals surface area contributed by atoms with Gasteiger partial charge in [-0.05, 0) is 31.0 Å². The molecule has 1 aromatic carbocycles. The Morgan fingerprint density at radius 3 is 2.61 bits per heavy atom. The molecule has 0 spiro atoms. The van der Waals surface area contributed by atoms with Crippen LogP contribution >= 0.6 is 0 Å². The number of carbonyl (C=O) groups is 1. The van der Waals surface area contributed by atoms with E-state index in [1.54, 1.807) is 0 Å². The molecule has 0 aromatic heterocycles. The molecule has 1 heterocycles. The van der Waals surface area contributed by atoms with E-state index in [0.717, 1.165) is 25.3 Å². The summed E-state index contributed by atoms with van der Waals surface area (Å²) in [5, 5.41) is 2.78. The third kappa shape index (κ3) is 3.70. The molecule has 1 amide bonds. The van der Waals surface area contributed by atoms with E-state index < -0.39 is 0 Å². The van der Waals surface area contributed by atoms with Gasteiger partial charge in [-0.2, -0.15) is 0 Å². The van der Waals surface area contributed by atoms with Crippen molar-refractivity contribution in [3.8, 4) is 0 Å². The number of nitrogens with zero attached hydrogens (tertiary/aromatic N) is 1. The minimum atomic E-state index is -0.0283. The highest BCUT2D eigenvalue weighted by Crippen LogP contribution is 2.15. The van der Waals surface area contributed by atoms with Crippen LogP contribution in [0.25, 0.3) is 0 Å². The quantitative estimate of drug-likeness (QED) is 0.829. The van der Waals surface area contributed by atoms with Crippen molar-refractivity contribution in [3.63, 3.8) is 0 Å². The second-order valence-corrected chi connectivity index (χ2v) is 4.91. The molecule has 1 aliphatic rings. The van der Waals surface area contributed by atoms with Gasteiger partial charge in [0, 0.05) is 32.2 Å². The largest absolute Gasteiger partial charge is 0.326 e. The lowest BCUT2D eigenvalue weighted by molar-refractivity contribution is -0.114. The first-order valence-electron chi connectivity index (χ1n) is 6.38. The summed E-state index contributed by atoms with van der Waals surface area (Å²) < 4.78 is 0. The van der Waals surface area contributed by atoms with Crippen molar-refractivity contribution in [1.82, 2.24) is 4.90 Å². The van der Waals surface area contributed by atoms with E-state index in [4.69, 9.17) is 0 Å². The first kappa shape index (κ1) is 12.8. The smallest absolute Gasteiger partial charge is 0.221 e. The number of benzene rings is 1. The van der Waals surface area contributed by atoms with Crippen LogP contribution in [-0.4, -0.2) is 23.9 Å². The molecule has 0 saturated carbocycles. The molecule has 2 rings (SSSR count). The Labute approximate surface area is 108 Å². The Balaban J connectivity index is 1.92. The second-order valence-electron chi connectivity index (χ2n) is 4.91. The van der Waals surface area contributed by atoms with Crippen LogP contribution in [0.2, 0.25) is 0 Å². The van der Waals surface area contributed by atoms with Crippen molar-refractivity contribution in [3.05, 3.63) is 41.5 Å². The SMILES string of the molecule is CC(=O)Nc1ccc(CN2CC=C(C)CC2)cc1. The Kier molecular flexibility index (Phi) is 4.15. The number of nitrogens with one attached hydrogen (secondary N) is 1. The lowest BCUT2D eigenvalue weighted by Gasteiger charge is -2.25. The van der Waals surface area contributed by atoms with Crippen molar-refractivity contribution in [1.29, 1.82) is 0 Å². The molecule has 3 nitrogen and oxygen atoms in total. The maximum absolute atomic E-state index is 10.9. The molecule has 1 N–H and O–H groups in total. The number of anilines is 1. The van der Waals surface area contributed by atoms with E-state index in [-0.39, 0.29) is 5.91 Å². The topological polar surface area (TPSA) is 32.3 Å². The minimum Gasteiger partial charge on any atom is -0.326 e. The summed E-state index contributed by atoms with van der Waals surface area (Å²) in [4.78, 5) is 13.4. The second kappa shape index (κ2) is 5.83. The van der Waals surface area contributed by atoms with E-state index in [9.17, 15) is 4.79 Å². The lowest BCUT2D eigenvalue weighted by Crippen LogP contribution is -2.27. The molecule has 18 heavy (non-hydrogen) atoms. The van der Waals surface area contributed by atoms with Crippen molar-refractivity contribution in [2.45, 2.75) is 26.8 Å². The molecule has 96 valence electrons. The molecule has 0 aliphatic carbocycles. The van der Waals surface area contributed by atoms with Crippen LogP contribution < -0.4 is 5.32 Å². The Morgan fingerprint density at radius 2 is 2.06 bits per heavy atom. The van der Waals surface area contributed by atoms with Gasteiger partial charge in [-0.15, -0.1) is 0 Å². The van der Waals surface area contributed by atoms with Crippen LogP contribution in [0.1, 0.15) is 25.8 Å². The summed E-state index contributed by atoms with van der Waals surface area (Å²) in [5.41, 5.74) is 3.64.